The normalized spacial score (nSPS) is 18.0. The second kappa shape index (κ2) is 11.2. The molecule has 0 bridgehead atoms. The molecule has 3 heteroatoms. The van der Waals surface area contributed by atoms with E-state index in [1.165, 1.54) is 72.3 Å². The molecule has 55 heavy (non-hydrogen) atoms. The molecule has 0 N–H and O–H groups in total. The summed E-state index contributed by atoms with van der Waals surface area (Å²) in [7, 11) is 0. The average Bonchev–Trinajstić information content (AvgIpc) is 3.96. The molecular formula is C52H32N2O. The lowest BCUT2D eigenvalue weighted by Crippen LogP contribution is -2.43. The molecule has 9 aromatic rings. The number of fused-ring (bicyclic) bond motifs is 12. The first kappa shape index (κ1) is 30.4. The third-order valence-electron chi connectivity index (χ3n) is 12.4. The predicted octanol–water partition coefficient (Wildman–Crippen LogP) is 12.1. The fourth-order valence-electron chi connectivity index (χ4n) is 10.4. The topological polar surface area (TPSA) is 38.9 Å². The molecule has 1 spiro atoms. The third kappa shape index (κ3) is 3.84. The zero-order chi connectivity index (χ0) is 36.1. The summed E-state index contributed by atoms with van der Waals surface area (Å²) in [6, 6.07) is 71.0. The van der Waals surface area contributed by atoms with Crippen LogP contribution in [0.5, 0.6) is 0 Å². The molecule has 12 rings (SSSR count). The van der Waals surface area contributed by atoms with E-state index < -0.39 is 10.8 Å². The van der Waals surface area contributed by atoms with E-state index >= 15 is 0 Å². The van der Waals surface area contributed by atoms with Gasteiger partial charge in [-0.2, -0.15) is 0 Å². The van der Waals surface area contributed by atoms with E-state index in [4.69, 9.17) is 4.42 Å². The largest absolute Gasteiger partial charge is 0.416 e. The van der Waals surface area contributed by atoms with Crippen molar-refractivity contribution in [2.75, 3.05) is 0 Å². The lowest BCUT2D eigenvalue weighted by atomic mass is 9.52. The van der Waals surface area contributed by atoms with E-state index in [0.717, 1.165) is 16.7 Å². The van der Waals surface area contributed by atoms with Gasteiger partial charge in [0.25, 0.3) is 0 Å². The van der Waals surface area contributed by atoms with Gasteiger partial charge < -0.3 is 4.42 Å². The van der Waals surface area contributed by atoms with Crippen molar-refractivity contribution in [3.05, 3.63) is 239 Å². The van der Waals surface area contributed by atoms with Gasteiger partial charge in [-0.15, -0.1) is 10.2 Å². The monoisotopic (exact) mass is 700 g/mol. The first-order chi connectivity index (χ1) is 27.3. The smallest absolute Gasteiger partial charge is 0.248 e. The summed E-state index contributed by atoms with van der Waals surface area (Å²) in [6.45, 7) is 0. The molecule has 1 aromatic heterocycles. The number of hydrogen-bond acceptors (Lipinski definition) is 3. The fraction of sp³-hybridized carbons (Fsp3) is 0.0385. The molecule has 3 aliphatic rings. The molecule has 0 fully saturated rings. The summed E-state index contributed by atoms with van der Waals surface area (Å²) in [5, 5.41) is 8.73. The molecular weight excluding hydrogens is 669 g/mol. The SMILES string of the molecule is c1ccc(-c2nnc(-c3ccc(-c4cccc5c4-c4ccccc4C54c5ccccc5C5(c6ccccc6)c6ccccc6-c6cccc4c65)cc3)o2)cc1. The lowest BCUT2D eigenvalue weighted by molar-refractivity contribution is 0.584. The molecule has 0 saturated carbocycles. The minimum atomic E-state index is -0.526. The van der Waals surface area contributed by atoms with Crippen LogP contribution in [0.25, 0.3) is 56.3 Å². The van der Waals surface area contributed by atoms with Crippen molar-refractivity contribution in [3.8, 4) is 56.3 Å². The lowest BCUT2D eigenvalue weighted by Gasteiger charge is -2.48. The van der Waals surface area contributed by atoms with Gasteiger partial charge in [0.2, 0.25) is 11.8 Å². The second-order valence-corrected chi connectivity index (χ2v) is 14.8. The molecule has 2 atom stereocenters. The minimum Gasteiger partial charge on any atom is -0.416 e. The average molecular weight is 701 g/mol. The maximum absolute atomic E-state index is 6.13. The number of nitrogens with zero attached hydrogens (tertiary/aromatic N) is 2. The summed E-state index contributed by atoms with van der Waals surface area (Å²) >= 11 is 0. The third-order valence-corrected chi connectivity index (χ3v) is 12.4. The Morgan fingerprint density at radius 3 is 1.49 bits per heavy atom. The standard InChI is InChI=1S/C52H32N2O/c1-3-15-34(16-4-1)49-53-54-50(55-49)35-31-29-33(30-32-35)37-21-13-27-45-47(37)40-20-8-10-24-42(40)52(45)44-26-12-11-25-43(44)51(36-17-5-2-6-18-36)41-23-9-7-19-38(41)39-22-14-28-46(52)48(39)51/h1-32H. The van der Waals surface area contributed by atoms with Gasteiger partial charge in [-0.25, -0.2) is 0 Å². The summed E-state index contributed by atoms with van der Waals surface area (Å²) in [5.74, 6) is 1.02. The van der Waals surface area contributed by atoms with Crippen molar-refractivity contribution >= 4 is 0 Å². The number of rotatable bonds is 4. The molecule has 0 amide bonds. The van der Waals surface area contributed by atoms with Crippen molar-refractivity contribution in [2.24, 2.45) is 0 Å². The highest BCUT2D eigenvalue weighted by Crippen LogP contribution is 2.69. The Kier molecular flexibility index (Phi) is 6.19. The van der Waals surface area contributed by atoms with Crippen LogP contribution in [0.2, 0.25) is 0 Å². The molecule has 0 aliphatic heterocycles. The van der Waals surface area contributed by atoms with E-state index in [1.807, 2.05) is 30.3 Å². The Bertz CT molecular complexity index is 2980. The van der Waals surface area contributed by atoms with Crippen LogP contribution in [0.4, 0.5) is 0 Å². The van der Waals surface area contributed by atoms with Gasteiger partial charge in [0, 0.05) is 11.1 Å². The summed E-state index contributed by atoms with van der Waals surface area (Å²) in [5.41, 5.74) is 19.1. The van der Waals surface area contributed by atoms with Crippen LogP contribution < -0.4 is 0 Å². The number of benzene rings is 8. The van der Waals surface area contributed by atoms with Crippen LogP contribution in [0.3, 0.4) is 0 Å². The highest BCUT2D eigenvalue weighted by Gasteiger charge is 2.59. The summed E-state index contributed by atoms with van der Waals surface area (Å²) in [4.78, 5) is 0. The van der Waals surface area contributed by atoms with Crippen molar-refractivity contribution in [1.29, 1.82) is 0 Å². The summed E-state index contributed by atoms with van der Waals surface area (Å²) < 4.78 is 6.13. The number of hydrogen-bond donors (Lipinski definition) is 0. The van der Waals surface area contributed by atoms with Crippen LogP contribution in [0, 0.1) is 0 Å². The quantitative estimate of drug-likeness (QED) is 0.183. The van der Waals surface area contributed by atoms with Gasteiger partial charge in [0.1, 0.15) is 0 Å². The molecule has 2 unspecified atom stereocenters. The Hall–Kier alpha value is -7.10. The van der Waals surface area contributed by atoms with E-state index in [2.05, 4.69) is 174 Å². The van der Waals surface area contributed by atoms with Crippen LogP contribution in [-0.4, -0.2) is 10.2 Å². The summed E-state index contributed by atoms with van der Waals surface area (Å²) in [6.07, 6.45) is 0. The van der Waals surface area contributed by atoms with Gasteiger partial charge in [-0.05, 0) is 102 Å². The zero-order valence-corrected chi connectivity index (χ0v) is 29.8. The molecule has 3 aliphatic carbocycles. The van der Waals surface area contributed by atoms with Crippen molar-refractivity contribution in [1.82, 2.24) is 10.2 Å². The van der Waals surface area contributed by atoms with Crippen LogP contribution in [0.15, 0.2) is 199 Å². The van der Waals surface area contributed by atoms with Gasteiger partial charge in [-0.1, -0.05) is 170 Å². The van der Waals surface area contributed by atoms with Crippen molar-refractivity contribution in [2.45, 2.75) is 10.8 Å². The Labute approximate surface area is 319 Å². The minimum absolute atomic E-state index is 0.452. The van der Waals surface area contributed by atoms with E-state index in [-0.39, 0.29) is 0 Å². The highest BCUT2D eigenvalue weighted by molar-refractivity contribution is 5.99. The Morgan fingerprint density at radius 2 is 0.782 bits per heavy atom. The van der Waals surface area contributed by atoms with Gasteiger partial charge in [0.05, 0.1) is 10.8 Å². The molecule has 0 radical (unpaired) electrons. The number of aromatic nitrogens is 2. The Balaban J connectivity index is 1.11. The fourth-order valence-corrected chi connectivity index (χ4v) is 10.4. The maximum Gasteiger partial charge on any atom is 0.248 e. The van der Waals surface area contributed by atoms with Crippen LogP contribution >= 0.6 is 0 Å². The van der Waals surface area contributed by atoms with Crippen LogP contribution in [0.1, 0.15) is 44.5 Å². The maximum atomic E-state index is 6.13. The molecule has 256 valence electrons. The van der Waals surface area contributed by atoms with E-state index in [0.29, 0.717) is 11.8 Å². The zero-order valence-electron chi connectivity index (χ0n) is 29.8. The predicted molar refractivity (Wildman–Crippen MR) is 219 cm³/mol. The molecule has 3 nitrogen and oxygen atoms in total. The van der Waals surface area contributed by atoms with Crippen LogP contribution in [-0.2, 0) is 10.8 Å². The highest BCUT2D eigenvalue weighted by atomic mass is 16.4. The van der Waals surface area contributed by atoms with Gasteiger partial charge >= 0.3 is 0 Å². The second-order valence-electron chi connectivity index (χ2n) is 14.8. The van der Waals surface area contributed by atoms with Crippen molar-refractivity contribution < 1.29 is 4.42 Å². The van der Waals surface area contributed by atoms with Crippen molar-refractivity contribution in [3.63, 3.8) is 0 Å². The van der Waals surface area contributed by atoms with E-state index in [1.54, 1.807) is 0 Å². The van der Waals surface area contributed by atoms with E-state index in [9.17, 15) is 0 Å². The molecule has 0 saturated heterocycles. The van der Waals surface area contributed by atoms with Gasteiger partial charge in [0.15, 0.2) is 0 Å². The van der Waals surface area contributed by atoms with Gasteiger partial charge in [-0.3, -0.25) is 0 Å². The Morgan fingerprint density at radius 1 is 0.309 bits per heavy atom. The first-order valence-corrected chi connectivity index (χ1v) is 18.9. The molecule has 8 aromatic carbocycles. The first-order valence-electron chi connectivity index (χ1n) is 18.9. The molecule has 1 heterocycles.